The zero-order valence-electron chi connectivity index (χ0n) is 18.1. The zero-order chi connectivity index (χ0) is 22.8. The first-order chi connectivity index (χ1) is 14.9. The SMILES string of the molecule is CCOC(=O)C(CCCc1ccccc1N(C)C(=O)c1ccc(Cl)cc1)C(=O)OCC. The van der Waals surface area contributed by atoms with Crippen LogP contribution in [-0.4, -0.2) is 38.1 Å². The molecule has 0 aliphatic rings. The molecule has 2 aromatic rings. The Kier molecular flexibility index (Phi) is 9.53. The molecule has 0 atom stereocenters. The maximum atomic E-state index is 12.9. The number of halogens is 1. The molecular weight excluding hydrogens is 418 g/mol. The van der Waals surface area contributed by atoms with Crippen LogP contribution in [0.3, 0.4) is 0 Å². The van der Waals surface area contributed by atoms with Gasteiger partial charge in [-0.3, -0.25) is 14.4 Å². The third-order valence-electron chi connectivity index (χ3n) is 4.83. The Morgan fingerprint density at radius 3 is 2.10 bits per heavy atom. The number of carbonyl (C=O) groups excluding carboxylic acids is 3. The Morgan fingerprint density at radius 2 is 1.52 bits per heavy atom. The van der Waals surface area contributed by atoms with Crippen molar-refractivity contribution in [3.63, 3.8) is 0 Å². The summed E-state index contributed by atoms with van der Waals surface area (Å²) in [6.07, 6.45) is 1.45. The molecule has 2 rings (SSSR count). The normalized spacial score (nSPS) is 10.6. The van der Waals surface area contributed by atoms with Crippen LogP contribution in [0.5, 0.6) is 0 Å². The van der Waals surface area contributed by atoms with Crippen LogP contribution in [-0.2, 0) is 25.5 Å². The fourth-order valence-corrected chi connectivity index (χ4v) is 3.39. The van der Waals surface area contributed by atoms with E-state index < -0.39 is 17.9 Å². The number of benzene rings is 2. The van der Waals surface area contributed by atoms with Crippen LogP contribution in [0.25, 0.3) is 0 Å². The molecule has 166 valence electrons. The van der Waals surface area contributed by atoms with Crippen LogP contribution >= 0.6 is 11.6 Å². The number of ether oxygens (including phenoxy) is 2. The van der Waals surface area contributed by atoms with Crippen LogP contribution in [0.2, 0.25) is 5.02 Å². The highest BCUT2D eigenvalue weighted by Crippen LogP contribution is 2.24. The summed E-state index contributed by atoms with van der Waals surface area (Å²) in [5, 5.41) is 0.567. The van der Waals surface area contributed by atoms with Crippen molar-refractivity contribution in [3.8, 4) is 0 Å². The first-order valence-corrected chi connectivity index (χ1v) is 10.7. The lowest BCUT2D eigenvalue weighted by Gasteiger charge is -2.21. The molecule has 0 fully saturated rings. The third-order valence-corrected chi connectivity index (χ3v) is 5.08. The molecule has 0 N–H and O–H groups in total. The van der Waals surface area contributed by atoms with Crippen molar-refractivity contribution in [2.75, 3.05) is 25.2 Å². The van der Waals surface area contributed by atoms with Gasteiger partial charge in [-0.15, -0.1) is 0 Å². The lowest BCUT2D eigenvalue weighted by atomic mass is 9.98. The van der Waals surface area contributed by atoms with E-state index in [-0.39, 0.29) is 19.1 Å². The number of aryl methyl sites for hydroxylation is 1. The summed E-state index contributed by atoms with van der Waals surface area (Å²) in [6.45, 7) is 3.80. The highest BCUT2D eigenvalue weighted by atomic mass is 35.5. The van der Waals surface area contributed by atoms with E-state index in [4.69, 9.17) is 21.1 Å². The Balaban J connectivity index is 2.10. The minimum atomic E-state index is -0.944. The number of para-hydroxylation sites is 1. The van der Waals surface area contributed by atoms with Gasteiger partial charge in [0.05, 0.1) is 13.2 Å². The minimum absolute atomic E-state index is 0.153. The van der Waals surface area contributed by atoms with Gasteiger partial charge in [-0.05, 0) is 69.0 Å². The van der Waals surface area contributed by atoms with Crippen molar-refractivity contribution in [1.29, 1.82) is 0 Å². The zero-order valence-corrected chi connectivity index (χ0v) is 18.9. The second-order valence-electron chi connectivity index (χ2n) is 6.95. The van der Waals surface area contributed by atoms with E-state index in [2.05, 4.69) is 0 Å². The molecule has 0 aromatic heterocycles. The van der Waals surface area contributed by atoms with Gasteiger partial charge >= 0.3 is 11.9 Å². The van der Waals surface area contributed by atoms with Crippen LogP contribution in [0.15, 0.2) is 48.5 Å². The fraction of sp³-hybridized carbons (Fsp3) is 0.375. The summed E-state index contributed by atoms with van der Waals surface area (Å²) < 4.78 is 10.0. The molecule has 0 saturated heterocycles. The molecule has 0 radical (unpaired) electrons. The standard InChI is InChI=1S/C24H28ClNO5/c1-4-30-23(28)20(24(29)31-5-2)11-8-10-17-9-6-7-12-21(17)26(3)22(27)18-13-15-19(25)16-14-18/h6-7,9,12-16,20H,4-5,8,10-11H2,1-3H3. The largest absolute Gasteiger partial charge is 0.465 e. The van der Waals surface area contributed by atoms with Gasteiger partial charge in [-0.1, -0.05) is 29.8 Å². The molecule has 0 saturated carbocycles. The topological polar surface area (TPSA) is 72.9 Å². The molecule has 0 aliphatic heterocycles. The minimum Gasteiger partial charge on any atom is -0.465 e. The lowest BCUT2D eigenvalue weighted by Crippen LogP contribution is -2.28. The molecule has 2 aromatic carbocycles. The second kappa shape index (κ2) is 12.1. The maximum Gasteiger partial charge on any atom is 0.320 e. The van der Waals surface area contributed by atoms with Gasteiger partial charge in [0.1, 0.15) is 0 Å². The van der Waals surface area contributed by atoms with Crippen molar-refractivity contribution < 1.29 is 23.9 Å². The molecule has 0 spiro atoms. The number of nitrogens with zero attached hydrogens (tertiary/aromatic N) is 1. The lowest BCUT2D eigenvalue weighted by molar-refractivity contribution is -0.161. The van der Waals surface area contributed by atoms with Gasteiger partial charge in [0, 0.05) is 23.3 Å². The average Bonchev–Trinajstić information content (AvgIpc) is 2.76. The Morgan fingerprint density at radius 1 is 0.935 bits per heavy atom. The van der Waals surface area contributed by atoms with Crippen LogP contribution in [0, 0.1) is 5.92 Å². The molecule has 0 unspecified atom stereocenters. The van der Waals surface area contributed by atoms with Crippen LogP contribution in [0.4, 0.5) is 5.69 Å². The Labute approximate surface area is 188 Å². The molecule has 7 heteroatoms. The fourth-order valence-electron chi connectivity index (χ4n) is 3.26. The highest BCUT2D eigenvalue weighted by Gasteiger charge is 2.29. The molecule has 0 bridgehead atoms. The van der Waals surface area contributed by atoms with E-state index in [0.717, 1.165) is 11.3 Å². The van der Waals surface area contributed by atoms with Crippen molar-refractivity contribution in [2.45, 2.75) is 33.1 Å². The molecule has 31 heavy (non-hydrogen) atoms. The van der Waals surface area contributed by atoms with Crippen molar-refractivity contribution >= 4 is 35.1 Å². The summed E-state index contributed by atoms with van der Waals surface area (Å²) >= 11 is 5.91. The van der Waals surface area contributed by atoms with Gasteiger partial charge in [0.15, 0.2) is 5.92 Å². The number of hydrogen-bond acceptors (Lipinski definition) is 5. The molecular formula is C24H28ClNO5. The first kappa shape index (κ1) is 24.4. The predicted octanol–water partition coefficient (Wildman–Crippen LogP) is 4.68. The van der Waals surface area contributed by atoms with E-state index in [1.54, 1.807) is 50.1 Å². The third kappa shape index (κ3) is 6.82. The van der Waals surface area contributed by atoms with Gasteiger partial charge in [-0.2, -0.15) is 0 Å². The van der Waals surface area contributed by atoms with Gasteiger partial charge in [-0.25, -0.2) is 0 Å². The molecule has 0 aliphatic carbocycles. The van der Waals surface area contributed by atoms with Crippen molar-refractivity contribution in [1.82, 2.24) is 0 Å². The first-order valence-electron chi connectivity index (χ1n) is 10.3. The monoisotopic (exact) mass is 445 g/mol. The smallest absolute Gasteiger partial charge is 0.320 e. The van der Waals surface area contributed by atoms with Gasteiger partial charge in [0.25, 0.3) is 5.91 Å². The number of anilines is 1. The van der Waals surface area contributed by atoms with Gasteiger partial charge < -0.3 is 14.4 Å². The summed E-state index contributed by atoms with van der Waals surface area (Å²) in [7, 11) is 1.72. The number of hydrogen-bond donors (Lipinski definition) is 0. The average molecular weight is 446 g/mol. The maximum absolute atomic E-state index is 12.9. The molecule has 6 nitrogen and oxygen atoms in total. The molecule has 1 amide bonds. The number of esters is 2. The second-order valence-corrected chi connectivity index (χ2v) is 7.39. The summed E-state index contributed by atoms with van der Waals surface area (Å²) in [5.74, 6) is -2.23. The quantitative estimate of drug-likeness (QED) is 0.392. The van der Waals surface area contributed by atoms with Crippen LogP contribution < -0.4 is 4.90 Å². The van der Waals surface area contributed by atoms with E-state index in [1.807, 2.05) is 24.3 Å². The van der Waals surface area contributed by atoms with Gasteiger partial charge in [0.2, 0.25) is 0 Å². The van der Waals surface area contributed by atoms with Crippen molar-refractivity contribution in [3.05, 3.63) is 64.7 Å². The summed E-state index contributed by atoms with van der Waals surface area (Å²) in [5.41, 5.74) is 2.25. The Hall–Kier alpha value is -2.86. The van der Waals surface area contributed by atoms with E-state index in [0.29, 0.717) is 29.8 Å². The summed E-state index contributed by atoms with van der Waals surface area (Å²) in [6, 6.07) is 14.3. The van der Waals surface area contributed by atoms with Crippen LogP contribution in [0.1, 0.15) is 42.6 Å². The Bertz CT molecular complexity index is 879. The van der Waals surface area contributed by atoms with E-state index in [1.165, 1.54) is 0 Å². The highest BCUT2D eigenvalue weighted by molar-refractivity contribution is 6.30. The van der Waals surface area contributed by atoms with Crippen molar-refractivity contribution in [2.24, 2.45) is 5.92 Å². The predicted molar refractivity (Wildman–Crippen MR) is 120 cm³/mol. The number of carbonyl (C=O) groups is 3. The summed E-state index contributed by atoms with van der Waals surface area (Å²) in [4.78, 5) is 38.8. The number of rotatable bonds is 10. The molecule has 0 heterocycles. The number of amides is 1. The van der Waals surface area contributed by atoms with E-state index in [9.17, 15) is 14.4 Å². The van der Waals surface area contributed by atoms with E-state index >= 15 is 0 Å².